The lowest BCUT2D eigenvalue weighted by atomic mass is 10.1. The topological polar surface area (TPSA) is 35.6 Å². The van der Waals surface area contributed by atoms with Crippen LogP contribution >= 0.6 is 15.9 Å². The first kappa shape index (κ1) is 16.3. The number of hydrogen-bond acceptors (Lipinski definition) is 3. The second-order valence-corrected chi connectivity index (χ2v) is 6.90. The minimum atomic E-state index is 0.177. The Balaban J connectivity index is 2.00. The predicted octanol–water partition coefficient (Wildman–Crippen LogP) is 2.47. The van der Waals surface area contributed by atoms with Crippen LogP contribution < -0.4 is 10.2 Å². The molecule has 1 heterocycles. The number of anilines is 1. The van der Waals surface area contributed by atoms with Crippen molar-refractivity contribution in [1.82, 2.24) is 10.2 Å². The summed E-state index contributed by atoms with van der Waals surface area (Å²) in [5, 5.41) is 3.44. The van der Waals surface area contributed by atoms with Crippen molar-refractivity contribution < 1.29 is 4.79 Å². The summed E-state index contributed by atoms with van der Waals surface area (Å²) in [7, 11) is 1.86. The molecule has 4 nitrogen and oxygen atoms in total. The Hall–Kier alpha value is -1.07. The molecule has 116 valence electrons. The van der Waals surface area contributed by atoms with Crippen LogP contribution in [0.5, 0.6) is 0 Å². The highest BCUT2D eigenvalue weighted by Crippen LogP contribution is 2.28. The van der Waals surface area contributed by atoms with Crippen molar-refractivity contribution in [1.29, 1.82) is 0 Å². The van der Waals surface area contributed by atoms with E-state index in [0.29, 0.717) is 12.5 Å². The molecule has 1 aliphatic heterocycles. The summed E-state index contributed by atoms with van der Waals surface area (Å²) in [6, 6.07) is 6.39. The molecular weight excluding hydrogens is 330 g/mol. The van der Waals surface area contributed by atoms with E-state index in [-0.39, 0.29) is 5.91 Å². The van der Waals surface area contributed by atoms with Gasteiger partial charge in [-0.1, -0.05) is 19.9 Å². The van der Waals surface area contributed by atoms with Crippen molar-refractivity contribution in [2.45, 2.75) is 20.4 Å². The Morgan fingerprint density at radius 3 is 2.71 bits per heavy atom. The molecule has 1 N–H and O–H groups in total. The van der Waals surface area contributed by atoms with Crippen LogP contribution in [0.4, 0.5) is 5.69 Å². The van der Waals surface area contributed by atoms with E-state index in [1.807, 2.05) is 7.05 Å². The summed E-state index contributed by atoms with van der Waals surface area (Å²) in [6.07, 6.45) is 0. The molecule has 0 saturated carbocycles. The van der Waals surface area contributed by atoms with Crippen molar-refractivity contribution in [2.75, 3.05) is 38.1 Å². The van der Waals surface area contributed by atoms with Crippen LogP contribution in [0.3, 0.4) is 0 Å². The quantitative estimate of drug-likeness (QED) is 0.883. The lowest BCUT2D eigenvalue weighted by molar-refractivity contribution is -0.129. The van der Waals surface area contributed by atoms with Gasteiger partial charge in [0.15, 0.2) is 0 Å². The number of carbonyl (C=O) groups excluding carboxylic acids is 1. The van der Waals surface area contributed by atoms with Crippen LogP contribution in [0.15, 0.2) is 22.7 Å². The number of nitrogens with one attached hydrogen (secondary N) is 1. The molecule has 2 rings (SSSR count). The third-order valence-electron chi connectivity index (χ3n) is 3.69. The Bertz CT molecular complexity index is 504. The van der Waals surface area contributed by atoms with E-state index in [4.69, 9.17) is 0 Å². The Morgan fingerprint density at radius 2 is 2.10 bits per heavy atom. The Labute approximate surface area is 135 Å². The number of amides is 1. The summed E-state index contributed by atoms with van der Waals surface area (Å²) in [5.41, 5.74) is 2.36. The Kier molecular flexibility index (Phi) is 5.65. The zero-order valence-corrected chi connectivity index (χ0v) is 14.6. The molecule has 0 aliphatic carbocycles. The number of rotatable bonds is 5. The van der Waals surface area contributed by atoms with Gasteiger partial charge >= 0.3 is 0 Å². The SMILES string of the molecule is CC(C)CNCc1ccc(N2CCN(C)C(=O)C2)c(Br)c1. The average Bonchev–Trinajstić information content (AvgIpc) is 2.42. The number of carbonyl (C=O) groups is 1. The molecular formula is C16H24BrN3O. The minimum Gasteiger partial charge on any atom is -0.360 e. The lowest BCUT2D eigenvalue weighted by Crippen LogP contribution is -2.48. The van der Waals surface area contributed by atoms with E-state index in [9.17, 15) is 4.79 Å². The monoisotopic (exact) mass is 353 g/mol. The first-order chi connectivity index (χ1) is 9.97. The molecule has 1 aromatic carbocycles. The zero-order chi connectivity index (χ0) is 15.4. The normalized spacial score (nSPS) is 16.0. The highest BCUT2D eigenvalue weighted by Gasteiger charge is 2.22. The molecule has 1 aromatic rings. The van der Waals surface area contributed by atoms with Crippen LogP contribution in [0.25, 0.3) is 0 Å². The van der Waals surface area contributed by atoms with Crippen molar-refractivity contribution >= 4 is 27.5 Å². The van der Waals surface area contributed by atoms with Gasteiger partial charge in [0.25, 0.3) is 0 Å². The molecule has 0 bridgehead atoms. The van der Waals surface area contributed by atoms with Gasteiger partial charge in [-0.25, -0.2) is 0 Å². The van der Waals surface area contributed by atoms with Gasteiger partial charge < -0.3 is 15.1 Å². The summed E-state index contributed by atoms with van der Waals surface area (Å²) in [6.45, 7) is 8.42. The summed E-state index contributed by atoms with van der Waals surface area (Å²) < 4.78 is 1.06. The minimum absolute atomic E-state index is 0.177. The molecule has 0 atom stereocenters. The second-order valence-electron chi connectivity index (χ2n) is 6.05. The van der Waals surface area contributed by atoms with Crippen LogP contribution in [-0.4, -0.2) is 44.0 Å². The highest BCUT2D eigenvalue weighted by atomic mass is 79.9. The van der Waals surface area contributed by atoms with Gasteiger partial charge in [-0.2, -0.15) is 0 Å². The Morgan fingerprint density at radius 1 is 1.33 bits per heavy atom. The molecule has 0 radical (unpaired) electrons. The van der Waals surface area contributed by atoms with Crippen LogP contribution in [0, 0.1) is 5.92 Å². The van der Waals surface area contributed by atoms with E-state index >= 15 is 0 Å². The molecule has 0 unspecified atom stereocenters. The number of benzene rings is 1. The van der Waals surface area contributed by atoms with Crippen molar-refractivity contribution in [3.8, 4) is 0 Å². The number of likely N-dealkylation sites (N-methyl/N-ethyl adjacent to an activating group) is 1. The highest BCUT2D eigenvalue weighted by molar-refractivity contribution is 9.10. The van der Waals surface area contributed by atoms with Crippen LogP contribution in [0.2, 0.25) is 0 Å². The smallest absolute Gasteiger partial charge is 0.241 e. The fraction of sp³-hybridized carbons (Fsp3) is 0.562. The van der Waals surface area contributed by atoms with Crippen molar-refractivity contribution in [2.24, 2.45) is 5.92 Å². The maximum Gasteiger partial charge on any atom is 0.241 e. The molecule has 1 aliphatic rings. The lowest BCUT2D eigenvalue weighted by Gasteiger charge is -2.34. The van der Waals surface area contributed by atoms with E-state index in [2.05, 4.69) is 58.2 Å². The largest absolute Gasteiger partial charge is 0.360 e. The summed E-state index contributed by atoms with van der Waals surface area (Å²) in [4.78, 5) is 15.7. The number of nitrogens with zero attached hydrogens (tertiary/aromatic N) is 2. The van der Waals surface area contributed by atoms with Gasteiger partial charge in [0, 0.05) is 31.2 Å². The van der Waals surface area contributed by atoms with Gasteiger partial charge in [0.1, 0.15) is 0 Å². The molecule has 1 saturated heterocycles. The van der Waals surface area contributed by atoms with Gasteiger partial charge in [-0.3, -0.25) is 4.79 Å². The van der Waals surface area contributed by atoms with Crippen LogP contribution in [0.1, 0.15) is 19.4 Å². The molecule has 0 aromatic heterocycles. The molecule has 0 spiro atoms. The van der Waals surface area contributed by atoms with Crippen molar-refractivity contribution in [3.05, 3.63) is 28.2 Å². The standard InChI is InChI=1S/C16H24BrN3O/c1-12(2)9-18-10-13-4-5-15(14(17)8-13)20-7-6-19(3)16(21)11-20/h4-5,8,12,18H,6-7,9-11H2,1-3H3. The maximum atomic E-state index is 11.8. The molecule has 21 heavy (non-hydrogen) atoms. The first-order valence-electron chi connectivity index (χ1n) is 7.45. The number of piperazine rings is 1. The van der Waals surface area contributed by atoms with Crippen LogP contribution in [-0.2, 0) is 11.3 Å². The number of hydrogen-bond donors (Lipinski definition) is 1. The molecule has 1 fully saturated rings. The van der Waals surface area contributed by atoms with Gasteiger partial charge in [0.05, 0.1) is 12.2 Å². The average molecular weight is 354 g/mol. The first-order valence-corrected chi connectivity index (χ1v) is 8.24. The molecule has 5 heteroatoms. The maximum absolute atomic E-state index is 11.8. The molecule has 1 amide bonds. The van der Waals surface area contributed by atoms with Gasteiger partial charge in [-0.05, 0) is 46.1 Å². The fourth-order valence-corrected chi connectivity index (χ4v) is 3.06. The van der Waals surface area contributed by atoms with Gasteiger partial charge in [0.2, 0.25) is 5.91 Å². The van der Waals surface area contributed by atoms with E-state index < -0.39 is 0 Å². The second kappa shape index (κ2) is 7.27. The third-order valence-corrected chi connectivity index (χ3v) is 4.33. The van der Waals surface area contributed by atoms with E-state index in [0.717, 1.165) is 36.3 Å². The van der Waals surface area contributed by atoms with Gasteiger partial charge in [-0.15, -0.1) is 0 Å². The number of halogens is 1. The summed E-state index contributed by atoms with van der Waals surface area (Å²) in [5.74, 6) is 0.833. The predicted molar refractivity (Wildman–Crippen MR) is 90.5 cm³/mol. The van der Waals surface area contributed by atoms with E-state index in [1.165, 1.54) is 5.56 Å². The third kappa shape index (κ3) is 4.45. The zero-order valence-electron chi connectivity index (χ0n) is 13.0. The van der Waals surface area contributed by atoms with E-state index in [1.54, 1.807) is 4.90 Å². The summed E-state index contributed by atoms with van der Waals surface area (Å²) >= 11 is 3.64. The van der Waals surface area contributed by atoms with Crippen molar-refractivity contribution in [3.63, 3.8) is 0 Å². The fourth-order valence-electron chi connectivity index (χ4n) is 2.39.